The monoisotopic (exact) mass is 607 g/mol. The molecule has 3 heterocycles. The molecule has 1 saturated carbocycles. The molecule has 6 aliphatic rings. The topological polar surface area (TPSA) is 123 Å². The lowest BCUT2D eigenvalue weighted by Gasteiger charge is -2.35. The van der Waals surface area contributed by atoms with Crippen LogP contribution in [0.25, 0.3) is 5.76 Å². The summed E-state index contributed by atoms with van der Waals surface area (Å²) in [5.74, 6) is 4.10. The molecule has 1 aromatic carbocycles. The zero-order valence-corrected chi connectivity index (χ0v) is 25.5. The van der Waals surface area contributed by atoms with Crippen molar-refractivity contribution in [2.24, 2.45) is 0 Å². The van der Waals surface area contributed by atoms with Gasteiger partial charge in [0.1, 0.15) is 48.8 Å². The van der Waals surface area contributed by atoms with E-state index in [1.165, 1.54) is 40.7 Å². The molecule has 0 amide bonds. The minimum Gasteiger partial charge on any atom is -0.488 e. The first-order valence-corrected chi connectivity index (χ1v) is 16.5. The van der Waals surface area contributed by atoms with Gasteiger partial charge >= 0.3 is 0 Å². The van der Waals surface area contributed by atoms with E-state index in [-0.39, 0.29) is 6.10 Å². The van der Waals surface area contributed by atoms with E-state index < -0.39 is 10.2 Å². The molecule has 0 aromatic heterocycles. The molecular weight excluding hydrogens is 570 g/mol. The second kappa shape index (κ2) is 12.5. The fourth-order valence-corrected chi connectivity index (χ4v) is 7.07. The summed E-state index contributed by atoms with van der Waals surface area (Å²) >= 11 is 0. The Morgan fingerprint density at radius 3 is 2.42 bits per heavy atom. The van der Waals surface area contributed by atoms with Gasteiger partial charge in [0.25, 0.3) is 0 Å². The fraction of sp³-hybridized carbons (Fsp3) is 0.441. The normalized spacial score (nSPS) is 23.6. The molecule has 3 aliphatic carbocycles. The Bertz CT molecular complexity index is 1510. The van der Waals surface area contributed by atoms with E-state index in [4.69, 9.17) is 32.8 Å². The summed E-state index contributed by atoms with van der Waals surface area (Å²) in [5.41, 5.74) is 10.7. The third-order valence-corrected chi connectivity index (χ3v) is 9.03. The molecule has 8 nitrogen and oxygen atoms in total. The quantitative estimate of drug-likeness (QED) is 0.484. The highest BCUT2D eigenvalue weighted by molar-refractivity contribution is 5.82. The Morgan fingerprint density at radius 1 is 0.860 bits per heavy atom. The van der Waals surface area contributed by atoms with Crippen LogP contribution in [-0.2, 0) is 9.47 Å². The van der Waals surface area contributed by atoms with Crippen molar-refractivity contribution in [1.82, 2.24) is 0 Å². The Kier molecular flexibility index (Phi) is 8.67. The molecule has 3 aliphatic heterocycles. The van der Waals surface area contributed by atoms with Gasteiger partial charge < -0.3 is 14.2 Å². The lowest BCUT2D eigenvalue weighted by atomic mass is 9.82. The second-order valence-corrected chi connectivity index (χ2v) is 12.4. The van der Waals surface area contributed by atoms with Gasteiger partial charge in [-0.15, -0.1) is 10.2 Å². The highest BCUT2D eigenvalue weighted by atomic mass is 35.7. The summed E-state index contributed by atoms with van der Waals surface area (Å²) in [4.78, 5) is 0. The SMILES string of the molecule is CC[N+](CC)=C1CCC2=CC3=C(OC2C1)/C(=C/C1=C2OC4=C(C=C2CCC1)COc1ccccc14)CCC3.[O-][Cl+3]([O-])([O-])[O-]. The largest absolute Gasteiger partial charge is 0.488 e. The molecule has 7 rings (SSSR count). The fourth-order valence-electron chi connectivity index (χ4n) is 7.07. The number of hydrogen-bond donors (Lipinski definition) is 0. The van der Waals surface area contributed by atoms with Crippen LogP contribution in [0, 0.1) is 10.2 Å². The number of fused-ring (bicyclic) bond motifs is 4. The molecule has 0 spiro atoms. The zero-order chi connectivity index (χ0) is 30.1. The third kappa shape index (κ3) is 6.54. The summed E-state index contributed by atoms with van der Waals surface area (Å²) in [6.07, 6.45) is 17.4. The van der Waals surface area contributed by atoms with Crippen LogP contribution in [0.15, 0.2) is 87.5 Å². The van der Waals surface area contributed by atoms with Crippen LogP contribution in [0.5, 0.6) is 5.75 Å². The summed E-state index contributed by atoms with van der Waals surface area (Å²) in [6.45, 7) is 7.26. The predicted molar refractivity (Wildman–Crippen MR) is 151 cm³/mol. The van der Waals surface area contributed by atoms with E-state index in [0.29, 0.717) is 6.61 Å². The van der Waals surface area contributed by atoms with Crippen molar-refractivity contribution in [2.75, 3.05) is 19.7 Å². The Hall–Kier alpha value is -3.14. The molecule has 0 saturated heterocycles. The van der Waals surface area contributed by atoms with Crippen LogP contribution < -0.4 is 23.4 Å². The predicted octanol–water partition coefficient (Wildman–Crippen LogP) is 2.80. The average Bonchev–Trinajstić information content (AvgIpc) is 2.99. The van der Waals surface area contributed by atoms with E-state index in [1.54, 1.807) is 5.71 Å². The van der Waals surface area contributed by atoms with Crippen LogP contribution in [0.4, 0.5) is 0 Å². The van der Waals surface area contributed by atoms with Crippen LogP contribution in [0.1, 0.15) is 77.2 Å². The lowest BCUT2D eigenvalue weighted by Crippen LogP contribution is -2.68. The van der Waals surface area contributed by atoms with E-state index in [9.17, 15) is 0 Å². The van der Waals surface area contributed by atoms with Gasteiger partial charge in [0.05, 0.1) is 12.0 Å². The van der Waals surface area contributed by atoms with E-state index in [0.717, 1.165) is 92.2 Å². The number of para-hydroxylation sites is 1. The van der Waals surface area contributed by atoms with E-state index in [1.807, 2.05) is 12.1 Å². The minimum absolute atomic E-state index is 0.191. The van der Waals surface area contributed by atoms with Gasteiger partial charge in [-0.05, 0) is 111 Å². The van der Waals surface area contributed by atoms with Crippen molar-refractivity contribution >= 4 is 11.5 Å². The average molecular weight is 608 g/mol. The lowest BCUT2D eigenvalue weighted by molar-refractivity contribution is -2.00. The minimum atomic E-state index is -4.94. The molecule has 228 valence electrons. The smallest absolute Gasteiger partial charge is 0.156 e. The molecule has 1 atom stereocenters. The first-order valence-electron chi connectivity index (χ1n) is 15.3. The Morgan fingerprint density at radius 2 is 1.63 bits per heavy atom. The van der Waals surface area contributed by atoms with Gasteiger partial charge in [-0.3, -0.25) is 0 Å². The molecule has 0 bridgehead atoms. The number of halogens is 1. The molecular formula is C34H38ClNO7. The van der Waals surface area contributed by atoms with Gasteiger partial charge in [0.15, 0.2) is 5.71 Å². The number of hydrogen-bond acceptors (Lipinski definition) is 7. The molecule has 1 fully saturated rings. The number of benzene rings is 1. The number of allylic oxidation sites excluding steroid dienone is 6. The standard InChI is InChI=1S/C34H38NO3.ClHO4/c1-3-35(4-2)28-16-15-22-17-23-9-7-10-24(32(23)37-31(22)20-28)18-25-11-8-12-26-19-27-21-36-30-14-6-5-13-29(30)34(27)38-33(25)26;2-1(3,4)5/h5-6,13-14,17-19,31H,3-4,7-12,15-16,20-21H2,1-2H3;(H,2,3,4,5)/q+1;/p-1/b24-18+;. The first kappa shape index (κ1) is 29.9. The summed E-state index contributed by atoms with van der Waals surface area (Å²) in [7, 11) is -4.94. The molecule has 1 aromatic rings. The summed E-state index contributed by atoms with van der Waals surface area (Å²) in [6, 6.07) is 8.23. The Labute approximate surface area is 255 Å². The number of rotatable bonds is 3. The number of ether oxygens (including phenoxy) is 3. The van der Waals surface area contributed by atoms with Crippen molar-refractivity contribution in [3.05, 3.63) is 93.0 Å². The molecule has 9 heteroatoms. The maximum atomic E-state index is 8.49. The highest BCUT2D eigenvalue weighted by Crippen LogP contribution is 2.46. The first-order chi connectivity index (χ1) is 20.7. The highest BCUT2D eigenvalue weighted by Gasteiger charge is 2.35. The van der Waals surface area contributed by atoms with Crippen LogP contribution in [0.3, 0.4) is 0 Å². The third-order valence-electron chi connectivity index (χ3n) is 9.03. The van der Waals surface area contributed by atoms with Gasteiger partial charge in [-0.2, -0.15) is 0 Å². The second-order valence-electron chi connectivity index (χ2n) is 11.6. The zero-order valence-electron chi connectivity index (χ0n) is 24.8. The summed E-state index contributed by atoms with van der Waals surface area (Å²) in [5, 5.41) is 0. The Balaban J connectivity index is 0.000000611. The van der Waals surface area contributed by atoms with Gasteiger partial charge in [0, 0.05) is 12.0 Å². The van der Waals surface area contributed by atoms with Crippen LogP contribution >= 0.6 is 0 Å². The maximum Gasteiger partial charge on any atom is 0.156 e. The van der Waals surface area contributed by atoms with Gasteiger partial charge in [0.2, 0.25) is 0 Å². The van der Waals surface area contributed by atoms with Crippen LogP contribution in [-0.4, -0.2) is 36.1 Å². The maximum absolute atomic E-state index is 8.49. The van der Waals surface area contributed by atoms with E-state index >= 15 is 0 Å². The van der Waals surface area contributed by atoms with Crippen LogP contribution in [0.2, 0.25) is 0 Å². The van der Waals surface area contributed by atoms with Crippen molar-refractivity contribution in [2.45, 2.75) is 77.7 Å². The van der Waals surface area contributed by atoms with Gasteiger partial charge in [-0.25, -0.2) is 23.2 Å². The van der Waals surface area contributed by atoms with Crippen molar-refractivity contribution in [3.63, 3.8) is 0 Å². The molecule has 1 unspecified atom stereocenters. The summed E-state index contributed by atoms with van der Waals surface area (Å²) < 4.78 is 56.1. The van der Waals surface area contributed by atoms with E-state index in [2.05, 4.69) is 48.8 Å². The van der Waals surface area contributed by atoms with Crippen molar-refractivity contribution < 1.29 is 47.7 Å². The van der Waals surface area contributed by atoms with Crippen molar-refractivity contribution in [1.29, 1.82) is 0 Å². The number of nitrogens with zero attached hydrogens (tertiary/aromatic N) is 1. The molecule has 43 heavy (non-hydrogen) atoms. The van der Waals surface area contributed by atoms with Gasteiger partial charge in [-0.1, -0.05) is 18.2 Å². The van der Waals surface area contributed by atoms with Crippen molar-refractivity contribution in [3.8, 4) is 5.75 Å². The molecule has 0 N–H and O–H groups in total. The molecule has 0 radical (unpaired) electrons.